The predicted octanol–water partition coefficient (Wildman–Crippen LogP) is 3.99. The van der Waals surface area contributed by atoms with Crippen molar-refractivity contribution in [2.24, 2.45) is 0 Å². The lowest BCUT2D eigenvalue weighted by Crippen LogP contribution is -2.57. The molecular weight excluding hydrogens is 420 g/mol. The SMILES string of the molecule is COc1ccc(Cl)cc1N1CCN(C(=O)c2ccc(Br)cc2)[C@@H](C)C1=O. The van der Waals surface area contributed by atoms with Gasteiger partial charge >= 0.3 is 0 Å². The smallest absolute Gasteiger partial charge is 0.254 e. The minimum absolute atomic E-state index is 0.156. The molecule has 0 N–H and O–H groups in total. The first-order valence-corrected chi connectivity index (χ1v) is 9.31. The molecule has 3 rings (SSSR count). The van der Waals surface area contributed by atoms with Gasteiger partial charge in [-0.25, -0.2) is 0 Å². The van der Waals surface area contributed by atoms with E-state index in [2.05, 4.69) is 15.9 Å². The van der Waals surface area contributed by atoms with Crippen molar-refractivity contribution in [1.29, 1.82) is 0 Å². The minimum atomic E-state index is -0.580. The molecule has 1 aliphatic rings. The van der Waals surface area contributed by atoms with E-state index in [0.29, 0.717) is 35.1 Å². The third-order valence-electron chi connectivity index (χ3n) is 4.44. The van der Waals surface area contributed by atoms with Crippen molar-refractivity contribution in [3.63, 3.8) is 0 Å². The maximum Gasteiger partial charge on any atom is 0.254 e. The third-order valence-corrected chi connectivity index (χ3v) is 5.20. The third kappa shape index (κ3) is 3.57. The Balaban J connectivity index is 1.84. The fourth-order valence-corrected chi connectivity index (χ4v) is 3.45. The van der Waals surface area contributed by atoms with Gasteiger partial charge in [0.1, 0.15) is 11.8 Å². The van der Waals surface area contributed by atoms with Gasteiger partial charge in [-0.1, -0.05) is 27.5 Å². The summed E-state index contributed by atoms with van der Waals surface area (Å²) in [7, 11) is 1.55. The van der Waals surface area contributed by atoms with Gasteiger partial charge in [-0.3, -0.25) is 9.59 Å². The molecule has 0 radical (unpaired) electrons. The molecule has 1 atom stereocenters. The van der Waals surface area contributed by atoms with E-state index in [4.69, 9.17) is 16.3 Å². The van der Waals surface area contributed by atoms with Gasteiger partial charge in [-0.15, -0.1) is 0 Å². The molecule has 5 nitrogen and oxygen atoms in total. The lowest BCUT2D eigenvalue weighted by Gasteiger charge is -2.39. The van der Waals surface area contributed by atoms with E-state index in [-0.39, 0.29) is 11.8 Å². The Morgan fingerprint density at radius 2 is 1.88 bits per heavy atom. The number of benzene rings is 2. The highest BCUT2D eigenvalue weighted by atomic mass is 79.9. The van der Waals surface area contributed by atoms with E-state index in [1.807, 2.05) is 12.1 Å². The Kier molecular flexibility index (Phi) is 5.53. The molecule has 0 spiro atoms. The summed E-state index contributed by atoms with van der Waals surface area (Å²) in [5.41, 5.74) is 1.18. The lowest BCUT2D eigenvalue weighted by atomic mass is 10.1. The summed E-state index contributed by atoms with van der Waals surface area (Å²) in [6.07, 6.45) is 0. The van der Waals surface area contributed by atoms with Gasteiger partial charge in [0.05, 0.1) is 12.8 Å². The van der Waals surface area contributed by atoms with Crippen LogP contribution in [0.3, 0.4) is 0 Å². The van der Waals surface area contributed by atoms with Crippen molar-refractivity contribution in [3.8, 4) is 5.75 Å². The van der Waals surface area contributed by atoms with Crippen molar-refractivity contribution >= 4 is 45.0 Å². The average molecular weight is 438 g/mol. The van der Waals surface area contributed by atoms with Crippen LogP contribution in [-0.2, 0) is 4.79 Å². The number of anilines is 1. The van der Waals surface area contributed by atoms with E-state index < -0.39 is 6.04 Å². The molecule has 2 amide bonds. The highest BCUT2D eigenvalue weighted by molar-refractivity contribution is 9.10. The molecule has 0 saturated carbocycles. The van der Waals surface area contributed by atoms with Crippen molar-refractivity contribution in [2.75, 3.05) is 25.1 Å². The maximum absolute atomic E-state index is 12.9. The monoisotopic (exact) mass is 436 g/mol. The Morgan fingerprint density at radius 1 is 1.19 bits per heavy atom. The molecule has 2 aromatic carbocycles. The van der Waals surface area contributed by atoms with Crippen LogP contribution in [-0.4, -0.2) is 43.0 Å². The Bertz CT molecular complexity index is 841. The van der Waals surface area contributed by atoms with Crippen LogP contribution in [0.5, 0.6) is 5.75 Å². The molecule has 7 heteroatoms. The summed E-state index contributed by atoms with van der Waals surface area (Å²) in [4.78, 5) is 28.9. The first-order chi connectivity index (χ1) is 12.4. The van der Waals surface area contributed by atoms with E-state index in [1.54, 1.807) is 54.2 Å². The van der Waals surface area contributed by atoms with Crippen molar-refractivity contribution in [1.82, 2.24) is 4.90 Å². The lowest BCUT2D eigenvalue weighted by molar-refractivity contribution is -0.124. The number of carbonyl (C=O) groups is 2. The number of hydrogen-bond donors (Lipinski definition) is 0. The number of ether oxygens (including phenoxy) is 1. The van der Waals surface area contributed by atoms with Crippen LogP contribution in [0, 0.1) is 0 Å². The van der Waals surface area contributed by atoms with Crippen LogP contribution < -0.4 is 9.64 Å². The zero-order valence-corrected chi connectivity index (χ0v) is 16.8. The molecular formula is C19H18BrClN2O3. The molecule has 0 bridgehead atoms. The molecule has 1 heterocycles. The zero-order valence-electron chi connectivity index (χ0n) is 14.4. The van der Waals surface area contributed by atoms with Gasteiger partial charge in [-0.05, 0) is 49.4 Å². The summed E-state index contributed by atoms with van der Waals surface area (Å²) in [6, 6.07) is 11.7. The van der Waals surface area contributed by atoms with Crippen LogP contribution in [0.25, 0.3) is 0 Å². The molecule has 2 aromatic rings. The molecule has 1 aliphatic heterocycles. The first-order valence-electron chi connectivity index (χ1n) is 8.14. The van der Waals surface area contributed by atoms with Crippen molar-refractivity contribution in [2.45, 2.75) is 13.0 Å². The van der Waals surface area contributed by atoms with Gasteiger partial charge in [0.2, 0.25) is 5.91 Å². The van der Waals surface area contributed by atoms with Gasteiger partial charge in [0.25, 0.3) is 5.91 Å². The second-order valence-corrected chi connectivity index (χ2v) is 7.34. The first kappa shape index (κ1) is 18.7. The molecule has 0 unspecified atom stereocenters. The standard InChI is InChI=1S/C19H18BrClN2O3/c1-12-18(24)23(16-11-15(21)7-8-17(16)26-2)10-9-22(12)19(25)13-3-5-14(20)6-4-13/h3-8,11-12H,9-10H2,1-2H3/t12-/m0/s1. The molecule has 0 aliphatic carbocycles. The highest BCUT2D eigenvalue weighted by Gasteiger charge is 2.36. The van der Waals surface area contributed by atoms with E-state index in [1.165, 1.54) is 0 Å². The quantitative estimate of drug-likeness (QED) is 0.729. The van der Waals surface area contributed by atoms with E-state index in [0.717, 1.165) is 4.47 Å². The summed E-state index contributed by atoms with van der Waals surface area (Å²) >= 11 is 9.44. The fraction of sp³-hybridized carbons (Fsp3) is 0.263. The van der Waals surface area contributed by atoms with Crippen LogP contribution in [0.2, 0.25) is 5.02 Å². The molecule has 1 saturated heterocycles. The Labute approximate surface area is 165 Å². The number of nitrogens with zero attached hydrogens (tertiary/aromatic N) is 2. The summed E-state index contributed by atoms with van der Waals surface area (Å²) in [5, 5.41) is 0.523. The summed E-state index contributed by atoms with van der Waals surface area (Å²) in [6.45, 7) is 2.54. The van der Waals surface area contributed by atoms with Gasteiger partial charge in [0, 0.05) is 28.1 Å². The van der Waals surface area contributed by atoms with Crippen molar-refractivity contribution in [3.05, 3.63) is 57.5 Å². The molecule has 0 aromatic heterocycles. The van der Waals surface area contributed by atoms with Gasteiger partial charge < -0.3 is 14.5 Å². The number of hydrogen-bond acceptors (Lipinski definition) is 3. The number of carbonyl (C=O) groups excluding carboxylic acids is 2. The molecule has 1 fully saturated rings. The largest absolute Gasteiger partial charge is 0.495 e. The number of halogens is 2. The van der Waals surface area contributed by atoms with Crippen LogP contribution in [0.4, 0.5) is 5.69 Å². The van der Waals surface area contributed by atoms with E-state index in [9.17, 15) is 9.59 Å². The second kappa shape index (κ2) is 7.68. The van der Waals surface area contributed by atoms with Gasteiger partial charge in [0.15, 0.2) is 0 Å². The average Bonchev–Trinajstić information content (AvgIpc) is 2.64. The van der Waals surface area contributed by atoms with Crippen LogP contribution >= 0.6 is 27.5 Å². The fourth-order valence-electron chi connectivity index (χ4n) is 3.02. The number of rotatable bonds is 3. The van der Waals surface area contributed by atoms with Crippen LogP contribution in [0.1, 0.15) is 17.3 Å². The number of piperazine rings is 1. The zero-order chi connectivity index (χ0) is 18.8. The highest BCUT2D eigenvalue weighted by Crippen LogP contribution is 2.33. The maximum atomic E-state index is 12.9. The number of methoxy groups -OCH3 is 1. The molecule has 26 heavy (non-hydrogen) atoms. The second-order valence-electron chi connectivity index (χ2n) is 5.99. The summed E-state index contributed by atoms with van der Waals surface area (Å²) < 4.78 is 6.25. The van der Waals surface area contributed by atoms with Crippen molar-refractivity contribution < 1.29 is 14.3 Å². The number of amides is 2. The Hall–Kier alpha value is -2.05. The Morgan fingerprint density at radius 3 is 2.54 bits per heavy atom. The summed E-state index contributed by atoms with van der Waals surface area (Å²) in [5.74, 6) is 0.251. The van der Waals surface area contributed by atoms with Crippen LogP contribution in [0.15, 0.2) is 46.9 Å². The molecule has 136 valence electrons. The van der Waals surface area contributed by atoms with Gasteiger partial charge in [-0.2, -0.15) is 0 Å². The topological polar surface area (TPSA) is 49.9 Å². The van der Waals surface area contributed by atoms with E-state index >= 15 is 0 Å². The minimum Gasteiger partial charge on any atom is -0.495 e. The normalized spacial score (nSPS) is 17.4. The predicted molar refractivity (Wildman–Crippen MR) is 105 cm³/mol.